The van der Waals surface area contributed by atoms with E-state index in [2.05, 4.69) is 27.8 Å². The minimum Gasteiger partial charge on any atom is -0.487 e. The lowest BCUT2D eigenvalue weighted by Crippen LogP contribution is -2.03. The fourth-order valence-corrected chi connectivity index (χ4v) is 2.04. The largest absolute Gasteiger partial charge is 0.487 e. The highest BCUT2D eigenvalue weighted by Crippen LogP contribution is 2.23. The number of aryl methyl sites for hydroxylation is 1. The summed E-state index contributed by atoms with van der Waals surface area (Å²) >= 11 is 3.37. The first-order valence-corrected chi connectivity index (χ1v) is 6.55. The van der Waals surface area contributed by atoms with Crippen molar-refractivity contribution in [3.63, 3.8) is 0 Å². The third-order valence-corrected chi connectivity index (χ3v) is 3.49. The first-order valence-electron chi connectivity index (χ1n) is 5.75. The van der Waals surface area contributed by atoms with Crippen molar-refractivity contribution in [3.8, 4) is 5.75 Å². The molecule has 0 aliphatic carbocycles. The van der Waals surface area contributed by atoms with Crippen LogP contribution in [0.1, 0.15) is 18.2 Å². The van der Waals surface area contributed by atoms with Crippen LogP contribution in [0.15, 0.2) is 35.2 Å². The molecule has 0 atom stereocenters. The molecule has 4 nitrogen and oxygen atoms in total. The Morgan fingerprint density at radius 1 is 1.44 bits per heavy atom. The molecule has 1 heterocycles. The number of halogens is 1. The fraction of sp³-hybridized carbons (Fsp3) is 0.308. The highest BCUT2D eigenvalue weighted by Gasteiger charge is 2.04. The van der Waals surface area contributed by atoms with Crippen molar-refractivity contribution in [1.29, 1.82) is 0 Å². The summed E-state index contributed by atoms with van der Waals surface area (Å²) in [6.07, 6.45) is 3.59. The van der Waals surface area contributed by atoms with Crippen molar-refractivity contribution >= 4 is 15.9 Å². The molecule has 96 valence electrons. The highest BCUT2D eigenvalue weighted by molar-refractivity contribution is 9.10. The molecule has 1 aromatic heterocycles. The van der Waals surface area contributed by atoms with Gasteiger partial charge in [0, 0.05) is 11.0 Å². The summed E-state index contributed by atoms with van der Waals surface area (Å²) in [7, 11) is 0. The first kappa shape index (κ1) is 13.1. The average Bonchev–Trinajstić information content (AvgIpc) is 2.85. The minimum absolute atomic E-state index is 0.00925. The molecular weight excluding hydrogens is 296 g/mol. The summed E-state index contributed by atoms with van der Waals surface area (Å²) in [6.45, 7) is 3.40. The maximum Gasteiger partial charge on any atom is 0.130 e. The average molecular weight is 311 g/mol. The van der Waals surface area contributed by atoms with E-state index in [0.717, 1.165) is 28.0 Å². The zero-order valence-corrected chi connectivity index (χ0v) is 11.7. The third kappa shape index (κ3) is 2.91. The molecule has 0 saturated carbocycles. The van der Waals surface area contributed by atoms with Crippen LogP contribution in [-0.2, 0) is 19.8 Å². The van der Waals surface area contributed by atoms with Crippen molar-refractivity contribution in [1.82, 2.24) is 9.55 Å². The lowest BCUT2D eigenvalue weighted by Gasteiger charge is -2.09. The van der Waals surface area contributed by atoms with Crippen molar-refractivity contribution < 1.29 is 9.84 Å². The molecular formula is C13H15BrN2O2. The molecule has 0 saturated heterocycles. The number of rotatable bonds is 5. The molecule has 0 aliphatic heterocycles. The smallest absolute Gasteiger partial charge is 0.130 e. The topological polar surface area (TPSA) is 47.3 Å². The van der Waals surface area contributed by atoms with E-state index < -0.39 is 0 Å². The lowest BCUT2D eigenvalue weighted by molar-refractivity contribution is 0.275. The number of benzene rings is 1. The van der Waals surface area contributed by atoms with Crippen LogP contribution in [0.5, 0.6) is 5.75 Å². The highest BCUT2D eigenvalue weighted by atomic mass is 79.9. The number of aromatic nitrogens is 2. The zero-order chi connectivity index (χ0) is 13.0. The Hall–Kier alpha value is -1.33. The van der Waals surface area contributed by atoms with E-state index in [4.69, 9.17) is 4.74 Å². The van der Waals surface area contributed by atoms with Crippen LogP contribution in [0.25, 0.3) is 0 Å². The molecule has 2 rings (SSSR count). The van der Waals surface area contributed by atoms with Crippen molar-refractivity contribution in [3.05, 3.63) is 46.5 Å². The van der Waals surface area contributed by atoms with Gasteiger partial charge in [-0.2, -0.15) is 0 Å². The molecule has 0 radical (unpaired) electrons. The predicted molar refractivity (Wildman–Crippen MR) is 72.3 cm³/mol. The van der Waals surface area contributed by atoms with Gasteiger partial charge in [0.1, 0.15) is 12.4 Å². The van der Waals surface area contributed by atoms with Gasteiger partial charge in [0.2, 0.25) is 0 Å². The van der Waals surface area contributed by atoms with Crippen LogP contribution in [-0.4, -0.2) is 14.7 Å². The molecule has 0 spiro atoms. The lowest BCUT2D eigenvalue weighted by atomic mass is 10.2. The van der Waals surface area contributed by atoms with E-state index in [1.54, 1.807) is 12.5 Å². The second kappa shape index (κ2) is 6.02. The maximum atomic E-state index is 9.18. The number of imidazole rings is 1. The summed E-state index contributed by atoms with van der Waals surface area (Å²) in [5, 5.41) is 9.18. The van der Waals surface area contributed by atoms with Crippen LogP contribution < -0.4 is 4.74 Å². The maximum absolute atomic E-state index is 9.18. The Balaban J connectivity index is 2.06. The van der Waals surface area contributed by atoms with Crippen molar-refractivity contribution in [2.75, 3.05) is 0 Å². The summed E-state index contributed by atoms with van der Waals surface area (Å²) in [4.78, 5) is 4.09. The summed E-state index contributed by atoms with van der Waals surface area (Å²) < 4.78 is 8.62. The van der Waals surface area contributed by atoms with E-state index in [1.165, 1.54) is 0 Å². The van der Waals surface area contributed by atoms with Gasteiger partial charge >= 0.3 is 0 Å². The molecule has 2 aromatic rings. The number of nitrogens with zero attached hydrogens (tertiary/aromatic N) is 2. The van der Waals surface area contributed by atoms with Crippen molar-refractivity contribution in [2.45, 2.75) is 26.7 Å². The Labute approximate surface area is 114 Å². The molecule has 5 heteroatoms. The zero-order valence-electron chi connectivity index (χ0n) is 10.1. The number of aliphatic hydroxyl groups excluding tert-OH is 1. The van der Waals surface area contributed by atoms with Gasteiger partial charge in [-0.15, -0.1) is 0 Å². The van der Waals surface area contributed by atoms with Crippen LogP contribution in [0.2, 0.25) is 0 Å². The molecule has 0 unspecified atom stereocenters. The van der Waals surface area contributed by atoms with Crippen LogP contribution in [0.4, 0.5) is 0 Å². The summed E-state index contributed by atoms with van der Waals surface area (Å²) in [5.41, 5.74) is 1.85. The summed E-state index contributed by atoms with van der Waals surface area (Å²) in [6, 6.07) is 5.57. The van der Waals surface area contributed by atoms with Gasteiger partial charge in [-0.3, -0.25) is 0 Å². The van der Waals surface area contributed by atoms with Gasteiger partial charge < -0.3 is 14.4 Å². The molecule has 1 aromatic carbocycles. The first-order chi connectivity index (χ1) is 8.74. The Bertz CT molecular complexity index is 525. The second-order valence-corrected chi connectivity index (χ2v) is 4.73. The van der Waals surface area contributed by atoms with Gasteiger partial charge in [-0.25, -0.2) is 4.98 Å². The van der Waals surface area contributed by atoms with E-state index in [0.29, 0.717) is 6.61 Å². The molecule has 0 aliphatic rings. The SMILES string of the molecule is CCn1cncc1COc1ccc(Br)c(CO)c1. The number of aliphatic hydroxyl groups is 1. The molecule has 0 amide bonds. The fourth-order valence-electron chi connectivity index (χ4n) is 1.67. The Kier molecular flexibility index (Phi) is 4.38. The minimum atomic E-state index is -0.00925. The summed E-state index contributed by atoms with van der Waals surface area (Å²) in [5.74, 6) is 0.742. The molecule has 0 bridgehead atoms. The van der Waals surface area contributed by atoms with Crippen LogP contribution in [0, 0.1) is 0 Å². The van der Waals surface area contributed by atoms with E-state index in [-0.39, 0.29) is 6.61 Å². The van der Waals surface area contributed by atoms with Gasteiger partial charge in [-0.1, -0.05) is 15.9 Å². The Morgan fingerprint density at radius 3 is 3.00 bits per heavy atom. The van der Waals surface area contributed by atoms with E-state index in [9.17, 15) is 5.11 Å². The quantitative estimate of drug-likeness (QED) is 0.923. The van der Waals surface area contributed by atoms with Crippen LogP contribution >= 0.6 is 15.9 Å². The van der Waals surface area contributed by atoms with Gasteiger partial charge in [0.05, 0.1) is 24.8 Å². The monoisotopic (exact) mass is 310 g/mol. The van der Waals surface area contributed by atoms with E-state index >= 15 is 0 Å². The second-order valence-electron chi connectivity index (χ2n) is 3.87. The van der Waals surface area contributed by atoms with Gasteiger partial charge in [-0.05, 0) is 30.7 Å². The molecule has 1 N–H and O–H groups in total. The van der Waals surface area contributed by atoms with Crippen LogP contribution in [0.3, 0.4) is 0 Å². The number of hydrogen-bond acceptors (Lipinski definition) is 3. The normalized spacial score (nSPS) is 10.6. The molecule has 18 heavy (non-hydrogen) atoms. The Morgan fingerprint density at radius 2 is 2.28 bits per heavy atom. The number of ether oxygens (including phenoxy) is 1. The van der Waals surface area contributed by atoms with Crippen molar-refractivity contribution in [2.24, 2.45) is 0 Å². The van der Waals surface area contributed by atoms with E-state index in [1.807, 2.05) is 22.8 Å². The van der Waals surface area contributed by atoms with Gasteiger partial charge in [0.15, 0.2) is 0 Å². The molecule has 0 fully saturated rings. The third-order valence-electron chi connectivity index (χ3n) is 2.71. The standard InChI is InChI=1S/C13H15BrN2O2/c1-2-16-9-15-6-11(16)8-18-12-3-4-13(14)10(5-12)7-17/h3-6,9,17H,2,7-8H2,1H3. The number of hydrogen-bond donors (Lipinski definition) is 1. The predicted octanol–water partition coefficient (Wildman–Crippen LogP) is 2.74. The van der Waals surface area contributed by atoms with Gasteiger partial charge in [0.25, 0.3) is 0 Å².